The van der Waals surface area contributed by atoms with E-state index in [4.69, 9.17) is 17.3 Å². The first-order valence-corrected chi connectivity index (χ1v) is 6.07. The number of halogens is 2. The fraction of sp³-hybridized carbons (Fsp3) is 0.143. The second-order valence-electron chi connectivity index (χ2n) is 4.00. The van der Waals surface area contributed by atoms with E-state index in [2.05, 4.69) is 5.32 Å². The number of nitrogens with one attached hydrogen (secondary N) is 1. The van der Waals surface area contributed by atoms with Gasteiger partial charge in [0.1, 0.15) is 5.82 Å². The van der Waals surface area contributed by atoms with Crippen LogP contribution in [0.5, 0.6) is 0 Å². The standard InChI is InChI=1S/C14H14ClFN2/c15-12-2-1-3-13(14(12)17)18-9-8-10-4-6-11(16)7-5-10/h1-7,18H,8-9,17H2. The quantitative estimate of drug-likeness (QED) is 0.826. The molecule has 18 heavy (non-hydrogen) atoms. The van der Waals surface area contributed by atoms with Crippen LogP contribution < -0.4 is 11.1 Å². The van der Waals surface area contributed by atoms with Crippen LogP contribution in [-0.4, -0.2) is 6.54 Å². The third kappa shape index (κ3) is 3.14. The molecule has 0 saturated heterocycles. The van der Waals surface area contributed by atoms with Crippen LogP contribution in [0.3, 0.4) is 0 Å². The average Bonchev–Trinajstić information content (AvgIpc) is 2.37. The first kappa shape index (κ1) is 12.7. The fourth-order valence-electron chi connectivity index (χ4n) is 1.68. The summed E-state index contributed by atoms with van der Waals surface area (Å²) in [4.78, 5) is 0. The van der Waals surface area contributed by atoms with Gasteiger partial charge < -0.3 is 11.1 Å². The molecule has 0 bridgehead atoms. The van der Waals surface area contributed by atoms with Gasteiger partial charge in [-0.25, -0.2) is 4.39 Å². The van der Waals surface area contributed by atoms with Gasteiger partial charge in [0.25, 0.3) is 0 Å². The third-order valence-electron chi connectivity index (χ3n) is 2.70. The summed E-state index contributed by atoms with van der Waals surface area (Å²) in [7, 11) is 0. The van der Waals surface area contributed by atoms with Gasteiger partial charge in [-0.3, -0.25) is 0 Å². The molecule has 0 aliphatic carbocycles. The topological polar surface area (TPSA) is 38.0 Å². The van der Waals surface area contributed by atoms with Crippen molar-refractivity contribution in [2.24, 2.45) is 0 Å². The minimum absolute atomic E-state index is 0.217. The van der Waals surface area contributed by atoms with E-state index in [0.717, 1.165) is 24.2 Å². The van der Waals surface area contributed by atoms with E-state index in [9.17, 15) is 4.39 Å². The van der Waals surface area contributed by atoms with Crippen molar-refractivity contribution >= 4 is 23.0 Å². The lowest BCUT2D eigenvalue weighted by Gasteiger charge is -2.10. The summed E-state index contributed by atoms with van der Waals surface area (Å²) in [6.07, 6.45) is 0.798. The van der Waals surface area contributed by atoms with Gasteiger partial charge in [-0.15, -0.1) is 0 Å². The highest BCUT2D eigenvalue weighted by molar-refractivity contribution is 6.33. The Morgan fingerprint density at radius 2 is 1.83 bits per heavy atom. The van der Waals surface area contributed by atoms with Crippen LogP contribution in [0.4, 0.5) is 15.8 Å². The van der Waals surface area contributed by atoms with Gasteiger partial charge in [0.05, 0.1) is 16.4 Å². The zero-order chi connectivity index (χ0) is 13.0. The highest BCUT2D eigenvalue weighted by atomic mass is 35.5. The SMILES string of the molecule is Nc1c(Cl)cccc1NCCc1ccc(F)cc1. The van der Waals surface area contributed by atoms with Gasteiger partial charge in [0.15, 0.2) is 0 Å². The van der Waals surface area contributed by atoms with Crippen LogP contribution >= 0.6 is 11.6 Å². The summed E-state index contributed by atoms with van der Waals surface area (Å²) >= 11 is 5.92. The average molecular weight is 265 g/mol. The lowest BCUT2D eigenvalue weighted by Crippen LogP contribution is -2.07. The van der Waals surface area contributed by atoms with E-state index in [1.54, 1.807) is 18.2 Å². The lowest BCUT2D eigenvalue weighted by molar-refractivity contribution is 0.627. The van der Waals surface area contributed by atoms with Crippen LogP contribution in [0.25, 0.3) is 0 Å². The summed E-state index contributed by atoms with van der Waals surface area (Å²) in [6.45, 7) is 0.718. The molecule has 0 fully saturated rings. The maximum absolute atomic E-state index is 12.7. The molecule has 2 rings (SSSR count). The molecule has 2 aromatic rings. The largest absolute Gasteiger partial charge is 0.396 e. The van der Waals surface area contributed by atoms with E-state index in [-0.39, 0.29) is 5.82 Å². The Bertz CT molecular complexity index is 526. The number of nitrogen functional groups attached to an aromatic ring is 1. The predicted molar refractivity (Wildman–Crippen MR) is 74.5 cm³/mol. The molecule has 2 aromatic carbocycles. The predicted octanol–water partition coefficient (Wildman–Crippen LogP) is 3.72. The van der Waals surface area contributed by atoms with Crippen molar-refractivity contribution in [1.82, 2.24) is 0 Å². The summed E-state index contributed by atoms with van der Waals surface area (Å²) < 4.78 is 12.7. The maximum Gasteiger partial charge on any atom is 0.123 e. The van der Waals surface area contributed by atoms with Crippen LogP contribution in [-0.2, 0) is 6.42 Å². The Kier molecular flexibility index (Phi) is 4.05. The summed E-state index contributed by atoms with van der Waals surface area (Å²) in [6, 6.07) is 12.0. The molecular weight excluding hydrogens is 251 g/mol. The molecule has 94 valence electrons. The first-order chi connectivity index (χ1) is 8.66. The van der Waals surface area contributed by atoms with Crippen LogP contribution in [0.15, 0.2) is 42.5 Å². The van der Waals surface area contributed by atoms with Crippen molar-refractivity contribution in [2.75, 3.05) is 17.6 Å². The van der Waals surface area contributed by atoms with Crippen molar-refractivity contribution in [3.05, 3.63) is 58.9 Å². The van der Waals surface area contributed by atoms with Gasteiger partial charge in [-0.1, -0.05) is 29.8 Å². The minimum atomic E-state index is -0.217. The van der Waals surface area contributed by atoms with Crippen molar-refractivity contribution in [3.8, 4) is 0 Å². The molecule has 0 unspecified atom stereocenters. The molecule has 3 N–H and O–H groups in total. The van der Waals surface area contributed by atoms with E-state index in [1.807, 2.05) is 12.1 Å². The molecule has 4 heteroatoms. The number of nitrogens with two attached hydrogens (primary N) is 1. The van der Waals surface area contributed by atoms with Gasteiger partial charge >= 0.3 is 0 Å². The Morgan fingerprint density at radius 1 is 1.11 bits per heavy atom. The number of para-hydroxylation sites is 1. The molecule has 0 aliphatic heterocycles. The smallest absolute Gasteiger partial charge is 0.123 e. The number of rotatable bonds is 4. The lowest BCUT2D eigenvalue weighted by atomic mass is 10.1. The Hall–Kier alpha value is -1.74. The van der Waals surface area contributed by atoms with Gasteiger partial charge in [0.2, 0.25) is 0 Å². The molecule has 0 heterocycles. The Balaban J connectivity index is 1.92. The third-order valence-corrected chi connectivity index (χ3v) is 3.02. The van der Waals surface area contributed by atoms with Gasteiger partial charge in [0, 0.05) is 6.54 Å². The number of hydrogen-bond acceptors (Lipinski definition) is 2. The maximum atomic E-state index is 12.7. The van der Waals surface area contributed by atoms with E-state index >= 15 is 0 Å². The Labute approximate surface area is 111 Å². The van der Waals surface area contributed by atoms with E-state index in [1.165, 1.54) is 12.1 Å². The minimum Gasteiger partial charge on any atom is -0.396 e. The van der Waals surface area contributed by atoms with Gasteiger partial charge in [-0.05, 0) is 36.2 Å². The zero-order valence-electron chi connectivity index (χ0n) is 9.79. The number of benzene rings is 2. The second kappa shape index (κ2) is 5.74. The van der Waals surface area contributed by atoms with E-state index in [0.29, 0.717) is 10.7 Å². The highest BCUT2D eigenvalue weighted by Gasteiger charge is 2.02. The monoisotopic (exact) mass is 264 g/mol. The number of anilines is 2. The first-order valence-electron chi connectivity index (χ1n) is 5.69. The Morgan fingerprint density at radius 3 is 2.56 bits per heavy atom. The fourth-order valence-corrected chi connectivity index (χ4v) is 1.86. The molecule has 0 amide bonds. The molecule has 2 nitrogen and oxygen atoms in total. The molecule has 0 aromatic heterocycles. The summed E-state index contributed by atoms with van der Waals surface area (Å²) in [5, 5.41) is 3.76. The zero-order valence-corrected chi connectivity index (χ0v) is 10.5. The van der Waals surface area contributed by atoms with Crippen LogP contribution in [0, 0.1) is 5.82 Å². The van der Waals surface area contributed by atoms with Crippen molar-refractivity contribution in [3.63, 3.8) is 0 Å². The summed E-state index contributed by atoms with van der Waals surface area (Å²) in [5.74, 6) is -0.217. The van der Waals surface area contributed by atoms with E-state index < -0.39 is 0 Å². The second-order valence-corrected chi connectivity index (χ2v) is 4.41. The molecule has 0 atom stereocenters. The number of hydrogen-bond donors (Lipinski definition) is 2. The summed E-state index contributed by atoms with van der Waals surface area (Å²) in [5.41, 5.74) is 8.29. The van der Waals surface area contributed by atoms with Crippen molar-refractivity contribution < 1.29 is 4.39 Å². The van der Waals surface area contributed by atoms with Gasteiger partial charge in [-0.2, -0.15) is 0 Å². The normalized spacial score (nSPS) is 10.3. The molecule has 0 saturated carbocycles. The molecule has 0 aliphatic rings. The van der Waals surface area contributed by atoms with Crippen molar-refractivity contribution in [1.29, 1.82) is 0 Å². The highest BCUT2D eigenvalue weighted by Crippen LogP contribution is 2.26. The van der Waals surface area contributed by atoms with Crippen LogP contribution in [0.2, 0.25) is 5.02 Å². The molecular formula is C14H14ClFN2. The molecule has 0 radical (unpaired) electrons. The molecule has 0 spiro atoms. The van der Waals surface area contributed by atoms with Crippen LogP contribution in [0.1, 0.15) is 5.56 Å². The van der Waals surface area contributed by atoms with Crippen molar-refractivity contribution in [2.45, 2.75) is 6.42 Å².